The SMILES string of the molecule is CCc1ccc2c(c1)c(C(C)O)cn2C(C)C. The van der Waals surface area contributed by atoms with Crippen molar-refractivity contribution in [3.63, 3.8) is 0 Å². The highest BCUT2D eigenvalue weighted by atomic mass is 16.3. The summed E-state index contributed by atoms with van der Waals surface area (Å²) in [6.07, 6.45) is 2.70. The van der Waals surface area contributed by atoms with Gasteiger partial charge in [0.1, 0.15) is 0 Å². The number of aromatic nitrogens is 1. The molecule has 0 aliphatic heterocycles. The summed E-state index contributed by atoms with van der Waals surface area (Å²) >= 11 is 0. The van der Waals surface area contributed by atoms with Crippen molar-refractivity contribution in [2.75, 3.05) is 0 Å². The van der Waals surface area contributed by atoms with Crippen LogP contribution in [0.2, 0.25) is 0 Å². The number of aliphatic hydroxyl groups is 1. The number of aryl methyl sites for hydroxylation is 1. The van der Waals surface area contributed by atoms with Gasteiger partial charge in [0, 0.05) is 28.7 Å². The standard InChI is InChI=1S/C15H21NO/c1-5-12-6-7-15-13(8-12)14(11(4)17)9-16(15)10(2)3/h6-11,17H,5H2,1-4H3. The smallest absolute Gasteiger partial charge is 0.0782 e. The number of hydrogen-bond acceptors (Lipinski definition) is 1. The van der Waals surface area contributed by atoms with E-state index in [0.717, 1.165) is 12.0 Å². The molecule has 0 saturated heterocycles. The normalized spacial score (nSPS) is 13.5. The zero-order chi connectivity index (χ0) is 12.6. The van der Waals surface area contributed by atoms with Gasteiger partial charge in [0.2, 0.25) is 0 Å². The van der Waals surface area contributed by atoms with Gasteiger partial charge in [0.15, 0.2) is 0 Å². The molecule has 1 unspecified atom stereocenters. The first-order chi connectivity index (χ1) is 8.04. The fourth-order valence-corrected chi connectivity index (χ4v) is 2.31. The zero-order valence-corrected chi connectivity index (χ0v) is 11.1. The van der Waals surface area contributed by atoms with Gasteiger partial charge < -0.3 is 9.67 Å². The Labute approximate surface area is 103 Å². The Morgan fingerprint density at radius 2 is 1.94 bits per heavy atom. The molecule has 1 aromatic heterocycles. The van der Waals surface area contributed by atoms with Crippen LogP contribution in [0.25, 0.3) is 10.9 Å². The second kappa shape index (κ2) is 4.53. The molecule has 1 N–H and O–H groups in total. The van der Waals surface area contributed by atoms with Crippen molar-refractivity contribution >= 4 is 10.9 Å². The largest absolute Gasteiger partial charge is 0.389 e. The van der Waals surface area contributed by atoms with Crippen LogP contribution in [0.5, 0.6) is 0 Å². The molecule has 0 fully saturated rings. The lowest BCUT2D eigenvalue weighted by Gasteiger charge is -2.09. The van der Waals surface area contributed by atoms with Gasteiger partial charge in [-0.05, 0) is 44.9 Å². The minimum absolute atomic E-state index is 0.412. The summed E-state index contributed by atoms with van der Waals surface area (Å²) in [7, 11) is 0. The minimum atomic E-state index is -0.412. The van der Waals surface area contributed by atoms with Crippen LogP contribution in [0.4, 0.5) is 0 Å². The molecule has 17 heavy (non-hydrogen) atoms. The molecule has 1 heterocycles. The average molecular weight is 231 g/mol. The number of nitrogens with zero attached hydrogens (tertiary/aromatic N) is 1. The second-order valence-corrected chi connectivity index (χ2v) is 4.97. The molecular formula is C15H21NO. The first kappa shape index (κ1) is 12.2. The zero-order valence-electron chi connectivity index (χ0n) is 11.1. The Kier molecular flexibility index (Phi) is 3.25. The van der Waals surface area contributed by atoms with Gasteiger partial charge in [0.25, 0.3) is 0 Å². The molecular weight excluding hydrogens is 210 g/mol. The molecule has 1 atom stereocenters. The lowest BCUT2D eigenvalue weighted by atomic mass is 10.1. The minimum Gasteiger partial charge on any atom is -0.389 e. The summed E-state index contributed by atoms with van der Waals surface area (Å²) < 4.78 is 2.23. The van der Waals surface area contributed by atoms with E-state index >= 15 is 0 Å². The Hall–Kier alpha value is -1.28. The molecule has 2 aromatic rings. The molecule has 0 aliphatic rings. The topological polar surface area (TPSA) is 25.2 Å². The van der Waals surface area contributed by atoms with Gasteiger partial charge in [-0.3, -0.25) is 0 Å². The van der Waals surface area contributed by atoms with Gasteiger partial charge in [-0.2, -0.15) is 0 Å². The highest BCUT2D eigenvalue weighted by molar-refractivity contribution is 5.85. The quantitative estimate of drug-likeness (QED) is 0.853. The van der Waals surface area contributed by atoms with Crippen molar-refractivity contribution in [3.8, 4) is 0 Å². The van der Waals surface area contributed by atoms with Crippen molar-refractivity contribution in [2.45, 2.75) is 46.3 Å². The predicted octanol–water partition coefficient (Wildman–Crippen LogP) is 3.84. The number of aliphatic hydroxyl groups excluding tert-OH is 1. The van der Waals surface area contributed by atoms with Gasteiger partial charge in [0.05, 0.1) is 6.10 Å². The van der Waals surface area contributed by atoms with Crippen molar-refractivity contribution in [2.24, 2.45) is 0 Å². The van der Waals surface area contributed by atoms with Crippen LogP contribution >= 0.6 is 0 Å². The van der Waals surface area contributed by atoms with E-state index < -0.39 is 6.10 Å². The van der Waals surface area contributed by atoms with Crippen LogP contribution < -0.4 is 0 Å². The number of hydrogen-bond donors (Lipinski definition) is 1. The van der Waals surface area contributed by atoms with E-state index in [1.165, 1.54) is 16.5 Å². The lowest BCUT2D eigenvalue weighted by molar-refractivity contribution is 0.200. The molecule has 1 aromatic carbocycles. The summed E-state index contributed by atoms with van der Waals surface area (Å²) in [5, 5.41) is 11.1. The van der Waals surface area contributed by atoms with E-state index in [-0.39, 0.29) is 0 Å². The van der Waals surface area contributed by atoms with Crippen LogP contribution in [0.1, 0.15) is 51.0 Å². The molecule has 0 spiro atoms. The molecule has 0 amide bonds. The molecule has 2 heteroatoms. The summed E-state index contributed by atoms with van der Waals surface area (Å²) in [5.41, 5.74) is 3.57. The predicted molar refractivity (Wildman–Crippen MR) is 72.3 cm³/mol. The summed E-state index contributed by atoms with van der Waals surface area (Å²) in [4.78, 5) is 0. The van der Waals surface area contributed by atoms with E-state index in [9.17, 15) is 5.11 Å². The van der Waals surface area contributed by atoms with Crippen LogP contribution in [0.3, 0.4) is 0 Å². The molecule has 0 radical (unpaired) electrons. The number of fused-ring (bicyclic) bond motifs is 1. The Bertz CT molecular complexity index is 523. The fraction of sp³-hybridized carbons (Fsp3) is 0.467. The molecule has 2 nitrogen and oxygen atoms in total. The summed E-state index contributed by atoms with van der Waals surface area (Å²) in [5.74, 6) is 0. The maximum atomic E-state index is 9.87. The van der Waals surface area contributed by atoms with E-state index in [1.54, 1.807) is 0 Å². The third kappa shape index (κ3) is 2.09. The molecule has 2 rings (SSSR count). The second-order valence-electron chi connectivity index (χ2n) is 4.97. The van der Waals surface area contributed by atoms with Gasteiger partial charge in [-0.15, -0.1) is 0 Å². The number of rotatable bonds is 3. The lowest BCUT2D eigenvalue weighted by Crippen LogP contribution is -1.98. The van der Waals surface area contributed by atoms with Crippen LogP contribution in [-0.4, -0.2) is 9.67 Å². The van der Waals surface area contributed by atoms with E-state index in [1.807, 2.05) is 6.92 Å². The Morgan fingerprint density at radius 3 is 2.47 bits per heavy atom. The van der Waals surface area contributed by atoms with Gasteiger partial charge in [-0.25, -0.2) is 0 Å². The van der Waals surface area contributed by atoms with Gasteiger partial charge in [-0.1, -0.05) is 13.0 Å². The van der Waals surface area contributed by atoms with Crippen molar-refractivity contribution in [1.29, 1.82) is 0 Å². The highest BCUT2D eigenvalue weighted by Gasteiger charge is 2.13. The number of benzene rings is 1. The first-order valence-electron chi connectivity index (χ1n) is 6.36. The maximum absolute atomic E-state index is 9.87. The summed E-state index contributed by atoms with van der Waals surface area (Å²) in [6.45, 7) is 8.32. The monoisotopic (exact) mass is 231 g/mol. The molecule has 0 bridgehead atoms. The molecule has 0 saturated carbocycles. The van der Waals surface area contributed by atoms with Crippen LogP contribution in [0, 0.1) is 0 Å². The fourth-order valence-electron chi connectivity index (χ4n) is 2.31. The van der Waals surface area contributed by atoms with Crippen molar-refractivity contribution < 1.29 is 5.11 Å². The van der Waals surface area contributed by atoms with E-state index in [2.05, 4.69) is 49.7 Å². The molecule has 92 valence electrons. The molecule has 0 aliphatic carbocycles. The van der Waals surface area contributed by atoms with Gasteiger partial charge >= 0.3 is 0 Å². The Morgan fingerprint density at radius 1 is 1.24 bits per heavy atom. The third-order valence-corrected chi connectivity index (χ3v) is 3.34. The van der Waals surface area contributed by atoms with Crippen LogP contribution in [-0.2, 0) is 6.42 Å². The third-order valence-electron chi connectivity index (χ3n) is 3.34. The van der Waals surface area contributed by atoms with E-state index in [0.29, 0.717) is 6.04 Å². The van der Waals surface area contributed by atoms with E-state index in [4.69, 9.17) is 0 Å². The maximum Gasteiger partial charge on any atom is 0.0782 e. The Balaban J connectivity index is 2.72. The first-order valence-corrected chi connectivity index (χ1v) is 6.36. The average Bonchev–Trinajstić information content (AvgIpc) is 2.67. The van der Waals surface area contributed by atoms with Crippen molar-refractivity contribution in [1.82, 2.24) is 4.57 Å². The van der Waals surface area contributed by atoms with Crippen LogP contribution in [0.15, 0.2) is 24.4 Å². The summed E-state index contributed by atoms with van der Waals surface area (Å²) in [6, 6.07) is 6.96. The highest BCUT2D eigenvalue weighted by Crippen LogP contribution is 2.29. The van der Waals surface area contributed by atoms with Crippen molar-refractivity contribution in [3.05, 3.63) is 35.5 Å².